The van der Waals surface area contributed by atoms with E-state index in [-0.39, 0.29) is 16.3 Å². The van der Waals surface area contributed by atoms with E-state index in [4.69, 9.17) is 16.3 Å². The molecule has 0 atom stereocenters. The number of benzene rings is 2. The SMILES string of the molecule is COc1ccc(Cl)cc1-n1nc(C(F)(F)F)cc1-c1ccc(-c2cccc(S(C)(=O)=O)c2)s1. The van der Waals surface area contributed by atoms with Crippen molar-refractivity contribution in [3.8, 4) is 32.4 Å². The van der Waals surface area contributed by atoms with Crippen LogP contribution in [0.5, 0.6) is 5.75 Å². The van der Waals surface area contributed by atoms with Gasteiger partial charge in [-0.25, -0.2) is 13.1 Å². The predicted octanol–water partition coefficient (Wildman–Crippen LogP) is 6.35. The van der Waals surface area contributed by atoms with Crippen LogP contribution < -0.4 is 4.74 Å². The molecule has 33 heavy (non-hydrogen) atoms. The lowest BCUT2D eigenvalue weighted by Gasteiger charge is -2.11. The lowest BCUT2D eigenvalue weighted by atomic mass is 10.2. The van der Waals surface area contributed by atoms with Gasteiger partial charge in [-0.2, -0.15) is 18.3 Å². The second-order valence-corrected chi connectivity index (χ2v) is 10.6. The number of ether oxygens (including phenoxy) is 1. The standard InChI is InChI=1S/C22H16ClF3N2O3S2/c1-31-18-7-6-14(23)11-16(18)28-17(12-21(27-28)22(24,25)26)20-9-8-19(32-20)13-4-3-5-15(10-13)33(2,29)30/h3-12H,1-2H3. The first kappa shape index (κ1) is 23.3. The third-order valence-electron chi connectivity index (χ3n) is 4.77. The number of rotatable bonds is 5. The van der Waals surface area contributed by atoms with Crippen molar-refractivity contribution >= 4 is 32.8 Å². The van der Waals surface area contributed by atoms with Crippen molar-refractivity contribution in [2.45, 2.75) is 11.1 Å². The fourth-order valence-electron chi connectivity index (χ4n) is 3.22. The molecule has 0 radical (unpaired) electrons. The van der Waals surface area contributed by atoms with Crippen LogP contribution in [0.4, 0.5) is 13.2 Å². The number of hydrogen-bond donors (Lipinski definition) is 0. The summed E-state index contributed by atoms with van der Waals surface area (Å²) in [5.74, 6) is 0.301. The smallest absolute Gasteiger partial charge is 0.435 e. The lowest BCUT2D eigenvalue weighted by Crippen LogP contribution is -2.08. The summed E-state index contributed by atoms with van der Waals surface area (Å²) in [7, 11) is -2.01. The van der Waals surface area contributed by atoms with Crippen LogP contribution in [-0.2, 0) is 16.0 Å². The molecule has 2 aromatic carbocycles. The van der Waals surface area contributed by atoms with E-state index in [0.29, 0.717) is 26.1 Å². The summed E-state index contributed by atoms with van der Waals surface area (Å²) in [5, 5.41) is 4.10. The number of nitrogens with zero attached hydrogens (tertiary/aromatic N) is 2. The number of thiophene rings is 1. The normalized spacial score (nSPS) is 12.2. The molecular weight excluding hydrogens is 497 g/mol. The van der Waals surface area contributed by atoms with Crippen molar-refractivity contribution in [3.05, 3.63) is 71.4 Å². The maximum absolute atomic E-state index is 13.5. The van der Waals surface area contributed by atoms with Crippen molar-refractivity contribution in [3.63, 3.8) is 0 Å². The van der Waals surface area contributed by atoms with Gasteiger partial charge in [-0.3, -0.25) is 0 Å². The molecule has 0 unspecified atom stereocenters. The van der Waals surface area contributed by atoms with E-state index in [1.807, 2.05) is 0 Å². The highest BCUT2D eigenvalue weighted by Crippen LogP contribution is 2.40. The first-order chi connectivity index (χ1) is 15.5. The summed E-state index contributed by atoms with van der Waals surface area (Å²) >= 11 is 7.30. The van der Waals surface area contributed by atoms with Gasteiger partial charge in [0.2, 0.25) is 0 Å². The summed E-state index contributed by atoms with van der Waals surface area (Å²) in [6, 6.07) is 15.3. The van der Waals surface area contributed by atoms with Crippen LogP contribution in [0.1, 0.15) is 5.69 Å². The summed E-state index contributed by atoms with van der Waals surface area (Å²) < 4.78 is 70.8. The molecule has 0 aliphatic rings. The molecule has 5 nitrogen and oxygen atoms in total. The highest BCUT2D eigenvalue weighted by atomic mass is 35.5. The Balaban J connectivity index is 1.87. The van der Waals surface area contributed by atoms with Crippen molar-refractivity contribution in [2.75, 3.05) is 13.4 Å². The molecule has 2 heterocycles. The fraction of sp³-hybridized carbons (Fsp3) is 0.136. The van der Waals surface area contributed by atoms with Crippen LogP contribution in [0.25, 0.3) is 26.7 Å². The van der Waals surface area contributed by atoms with E-state index in [1.165, 1.54) is 36.6 Å². The van der Waals surface area contributed by atoms with Gasteiger partial charge in [-0.15, -0.1) is 11.3 Å². The van der Waals surface area contributed by atoms with Crippen LogP contribution in [0.15, 0.2) is 65.6 Å². The van der Waals surface area contributed by atoms with E-state index in [2.05, 4.69) is 5.10 Å². The highest BCUT2D eigenvalue weighted by molar-refractivity contribution is 7.90. The number of sulfone groups is 1. The summed E-state index contributed by atoms with van der Waals surface area (Å²) in [4.78, 5) is 1.35. The maximum Gasteiger partial charge on any atom is 0.435 e. The van der Waals surface area contributed by atoms with Crippen molar-refractivity contribution in [1.82, 2.24) is 9.78 Å². The number of aromatic nitrogens is 2. The molecule has 0 fully saturated rings. The van der Waals surface area contributed by atoms with Gasteiger partial charge in [0, 0.05) is 16.2 Å². The zero-order valence-electron chi connectivity index (χ0n) is 17.2. The van der Waals surface area contributed by atoms with Crippen molar-refractivity contribution in [2.24, 2.45) is 0 Å². The van der Waals surface area contributed by atoms with Crippen molar-refractivity contribution in [1.29, 1.82) is 0 Å². The first-order valence-electron chi connectivity index (χ1n) is 9.39. The molecule has 0 aliphatic carbocycles. The summed E-state index contributed by atoms with van der Waals surface area (Å²) in [6.07, 6.45) is -3.54. The number of alkyl halides is 3. The highest BCUT2D eigenvalue weighted by Gasteiger charge is 2.36. The molecule has 4 rings (SSSR count). The Morgan fingerprint density at radius 3 is 2.42 bits per heavy atom. The van der Waals surface area contributed by atoms with Crippen LogP contribution in [0, 0.1) is 0 Å². The van der Waals surface area contributed by atoms with Crippen molar-refractivity contribution < 1.29 is 26.3 Å². The molecule has 0 saturated carbocycles. The maximum atomic E-state index is 13.5. The summed E-state index contributed by atoms with van der Waals surface area (Å²) in [6.45, 7) is 0. The zero-order chi connectivity index (χ0) is 24.0. The molecule has 172 valence electrons. The molecule has 0 spiro atoms. The Labute approximate surface area is 196 Å². The topological polar surface area (TPSA) is 61.2 Å². The van der Waals surface area contributed by atoms with E-state index in [0.717, 1.165) is 17.0 Å². The average Bonchev–Trinajstić information content (AvgIpc) is 3.40. The van der Waals surface area contributed by atoms with Crippen LogP contribution in [-0.4, -0.2) is 31.6 Å². The van der Waals surface area contributed by atoms with Gasteiger partial charge < -0.3 is 4.74 Å². The molecule has 0 aliphatic heterocycles. The Bertz CT molecular complexity index is 1440. The minimum Gasteiger partial charge on any atom is -0.494 e. The molecule has 0 N–H and O–H groups in total. The van der Waals surface area contributed by atoms with E-state index >= 15 is 0 Å². The Hall–Kier alpha value is -2.82. The molecule has 2 aromatic heterocycles. The zero-order valence-corrected chi connectivity index (χ0v) is 19.6. The second-order valence-electron chi connectivity index (χ2n) is 7.10. The number of halogens is 4. The number of methoxy groups -OCH3 is 1. The molecule has 0 saturated heterocycles. The Morgan fingerprint density at radius 1 is 1.03 bits per heavy atom. The van der Waals surface area contributed by atoms with Gasteiger partial charge in [0.25, 0.3) is 0 Å². The van der Waals surface area contributed by atoms with E-state index in [1.54, 1.807) is 36.4 Å². The monoisotopic (exact) mass is 512 g/mol. The second kappa shape index (κ2) is 8.51. The quantitative estimate of drug-likeness (QED) is 0.312. The molecule has 0 bridgehead atoms. The minimum atomic E-state index is -4.66. The van der Waals surface area contributed by atoms with Crippen LogP contribution in [0.2, 0.25) is 5.02 Å². The predicted molar refractivity (Wildman–Crippen MR) is 122 cm³/mol. The van der Waals surface area contributed by atoms with E-state index < -0.39 is 21.7 Å². The van der Waals surface area contributed by atoms with Crippen LogP contribution in [0.3, 0.4) is 0 Å². The van der Waals surface area contributed by atoms with Crippen LogP contribution >= 0.6 is 22.9 Å². The van der Waals surface area contributed by atoms with Gasteiger partial charge in [-0.05, 0) is 54.1 Å². The van der Waals surface area contributed by atoms with Gasteiger partial charge in [0.15, 0.2) is 15.5 Å². The third-order valence-corrected chi connectivity index (χ3v) is 7.28. The largest absolute Gasteiger partial charge is 0.494 e. The number of hydrogen-bond acceptors (Lipinski definition) is 5. The summed E-state index contributed by atoms with van der Waals surface area (Å²) in [5.41, 5.74) is 0.0214. The molecular formula is C22H16ClF3N2O3S2. The van der Waals surface area contributed by atoms with Gasteiger partial charge in [0.05, 0.1) is 22.6 Å². The van der Waals surface area contributed by atoms with Gasteiger partial charge in [-0.1, -0.05) is 23.7 Å². The van der Waals surface area contributed by atoms with Gasteiger partial charge >= 0.3 is 6.18 Å². The van der Waals surface area contributed by atoms with Gasteiger partial charge in [0.1, 0.15) is 11.4 Å². The third kappa shape index (κ3) is 4.78. The average molecular weight is 513 g/mol. The lowest BCUT2D eigenvalue weighted by molar-refractivity contribution is -0.141. The molecule has 11 heteroatoms. The minimum absolute atomic E-state index is 0.156. The Morgan fingerprint density at radius 2 is 1.76 bits per heavy atom. The first-order valence-corrected chi connectivity index (χ1v) is 12.5. The van der Waals surface area contributed by atoms with E-state index in [9.17, 15) is 21.6 Å². The Kier molecular flexibility index (Phi) is 6.02. The fourth-order valence-corrected chi connectivity index (χ4v) is 5.06. The molecule has 4 aromatic rings. The molecule has 0 amide bonds.